The van der Waals surface area contributed by atoms with Gasteiger partial charge < -0.3 is 15.3 Å². The van der Waals surface area contributed by atoms with Gasteiger partial charge in [-0.1, -0.05) is 24.3 Å². The van der Waals surface area contributed by atoms with Gasteiger partial charge in [-0.15, -0.1) is 0 Å². The van der Waals surface area contributed by atoms with Crippen LogP contribution in [0.3, 0.4) is 0 Å². The predicted molar refractivity (Wildman–Crippen MR) is 135 cm³/mol. The van der Waals surface area contributed by atoms with Gasteiger partial charge in [-0.05, 0) is 78.9 Å². The smallest absolute Gasteiger partial charge is 0.307 e. The minimum absolute atomic E-state index is 0.341. The summed E-state index contributed by atoms with van der Waals surface area (Å²) in [5.74, 6) is -0.638. The first-order valence-electron chi connectivity index (χ1n) is 11.6. The van der Waals surface area contributed by atoms with Crippen molar-refractivity contribution < 1.29 is 14.3 Å². The Bertz CT molecular complexity index is 1500. The third-order valence-electron chi connectivity index (χ3n) is 6.93. The Hall–Kier alpha value is -4.15. The van der Waals surface area contributed by atoms with E-state index in [0.717, 1.165) is 45.6 Å². The highest BCUT2D eigenvalue weighted by atomic mass is 16.4. The van der Waals surface area contributed by atoms with E-state index < -0.39 is 5.97 Å². The minimum Gasteiger partial charge on any atom is -0.481 e. The third kappa shape index (κ3) is 4.13. The van der Waals surface area contributed by atoms with E-state index in [4.69, 9.17) is 15.1 Å². The molecule has 0 aliphatic carbocycles. The number of carboxylic acids is 1. The number of nitrogen functional groups attached to an aromatic ring is 1. The molecule has 2 heterocycles. The minimum atomic E-state index is -0.757. The Labute approximate surface area is 203 Å². The van der Waals surface area contributed by atoms with Crippen molar-refractivity contribution in [1.29, 1.82) is 5.26 Å². The standard InChI is InChI=1S/C28H26N4O3/c1-16-21(22-6-4-8-24(30)17(22)2)5-3-7-23(16)27-31-25-12-18(11-20(13-29)26(25)35-27)14-32-10-9-19(15-32)28(33)34/h3-8,11-12,19H,9-10,14-15,30H2,1-2H3,(H,33,34). The van der Waals surface area contributed by atoms with Crippen molar-refractivity contribution in [3.63, 3.8) is 0 Å². The van der Waals surface area contributed by atoms with E-state index in [9.17, 15) is 15.2 Å². The van der Waals surface area contributed by atoms with Gasteiger partial charge in [0, 0.05) is 24.3 Å². The number of benzene rings is 3. The molecule has 1 atom stereocenters. The summed E-state index contributed by atoms with van der Waals surface area (Å²) in [7, 11) is 0. The van der Waals surface area contributed by atoms with Gasteiger partial charge >= 0.3 is 5.97 Å². The number of rotatable bonds is 5. The summed E-state index contributed by atoms with van der Waals surface area (Å²) in [5.41, 5.74) is 14.3. The average molecular weight is 467 g/mol. The maximum atomic E-state index is 11.3. The molecule has 0 saturated carbocycles. The largest absolute Gasteiger partial charge is 0.481 e. The lowest BCUT2D eigenvalue weighted by atomic mass is 9.93. The summed E-state index contributed by atoms with van der Waals surface area (Å²) in [6.45, 7) is 5.84. The quantitative estimate of drug-likeness (QED) is 0.391. The van der Waals surface area contributed by atoms with Gasteiger partial charge in [0.2, 0.25) is 5.89 Å². The lowest BCUT2D eigenvalue weighted by Gasteiger charge is -2.15. The molecule has 1 aliphatic heterocycles. The summed E-state index contributed by atoms with van der Waals surface area (Å²) < 4.78 is 6.13. The number of hydrogen-bond donors (Lipinski definition) is 2. The zero-order valence-electron chi connectivity index (χ0n) is 19.7. The van der Waals surface area contributed by atoms with E-state index in [1.54, 1.807) is 0 Å². The fraction of sp³-hybridized carbons (Fsp3) is 0.250. The second-order valence-corrected chi connectivity index (χ2v) is 9.18. The van der Waals surface area contributed by atoms with Crippen LogP contribution in [0.1, 0.15) is 28.7 Å². The van der Waals surface area contributed by atoms with Gasteiger partial charge in [0.25, 0.3) is 0 Å². The molecule has 35 heavy (non-hydrogen) atoms. The summed E-state index contributed by atoms with van der Waals surface area (Å²) in [5, 5.41) is 19.1. The number of fused-ring (bicyclic) bond motifs is 1. The number of anilines is 1. The molecular formula is C28H26N4O3. The number of hydrogen-bond acceptors (Lipinski definition) is 6. The van der Waals surface area contributed by atoms with Gasteiger partial charge in [-0.3, -0.25) is 9.69 Å². The number of oxazole rings is 1. The second kappa shape index (κ2) is 8.90. The summed E-state index contributed by atoms with van der Waals surface area (Å²) >= 11 is 0. The number of nitrogens with two attached hydrogens (primary N) is 1. The fourth-order valence-electron chi connectivity index (χ4n) is 4.92. The van der Waals surface area contributed by atoms with Gasteiger partial charge in [0.05, 0.1) is 11.5 Å². The number of nitriles is 1. The van der Waals surface area contributed by atoms with Gasteiger partial charge in [0.1, 0.15) is 11.6 Å². The molecule has 3 aromatic carbocycles. The SMILES string of the molecule is Cc1c(N)cccc1-c1cccc(-c2nc3cc(CN4CCC(C(=O)O)C4)cc(C#N)c3o2)c1C. The zero-order valence-corrected chi connectivity index (χ0v) is 19.7. The monoisotopic (exact) mass is 466 g/mol. The Morgan fingerprint density at radius 2 is 1.89 bits per heavy atom. The molecule has 1 aromatic heterocycles. The van der Waals surface area contributed by atoms with Crippen LogP contribution in [0.25, 0.3) is 33.7 Å². The lowest BCUT2D eigenvalue weighted by Crippen LogP contribution is -2.22. The fourth-order valence-corrected chi connectivity index (χ4v) is 4.92. The molecule has 7 heteroatoms. The molecule has 0 spiro atoms. The van der Waals surface area contributed by atoms with Crippen LogP contribution in [0.5, 0.6) is 0 Å². The number of nitrogens with zero attached hydrogens (tertiary/aromatic N) is 3. The molecule has 3 N–H and O–H groups in total. The van der Waals surface area contributed by atoms with E-state index in [0.29, 0.717) is 42.1 Å². The molecule has 0 bridgehead atoms. The van der Waals surface area contributed by atoms with Crippen LogP contribution >= 0.6 is 0 Å². The van der Waals surface area contributed by atoms with E-state index >= 15 is 0 Å². The van der Waals surface area contributed by atoms with Gasteiger partial charge in [-0.25, -0.2) is 4.98 Å². The lowest BCUT2D eigenvalue weighted by molar-refractivity contribution is -0.141. The van der Waals surface area contributed by atoms with E-state index in [-0.39, 0.29) is 5.92 Å². The number of carboxylic acid groups (broad SMARTS) is 1. The second-order valence-electron chi connectivity index (χ2n) is 9.18. The highest BCUT2D eigenvalue weighted by Gasteiger charge is 2.28. The van der Waals surface area contributed by atoms with Crippen LogP contribution in [0.2, 0.25) is 0 Å². The van der Waals surface area contributed by atoms with Crippen molar-refractivity contribution >= 4 is 22.8 Å². The number of likely N-dealkylation sites (tertiary alicyclic amines) is 1. The molecule has 0 radical (unpaired) electrons. The summed E-state index contributed by atoms with van der Waals surface area (Å²) in [6, 6.07) is 17.9. The molecule has 1 saturated heterocycles. The maximum absolute atomic E-state index is 11.3. The zero-order chi connectivity index (χ0) is 24.7. The first kappa shape index (κ1) is 22.6. The van der Waals surface area contributed by atoms with Gasteiger partial charge in [0.15, 0.2) is 5.58 Å². The van der Waals surface area contributed by atoms with Crippen molar-refractivity contribution in [2.45, 2.75) is 26.8 Å². The van der Waals surface area contributed by atoms with Crippen molar-refractivity contribution in [3.05, 3.63) is 70.8 Å². The Morgan fingerprint density at radius 3 is 2.60 bits per heavy atom. The topological polar surface area (TPSA) is 116 Å². The third-order valence-corrected chi connectivity index (χ3v) is 6.93. The predicted octanol–water partition coefficient (Wildman–Crippen LogP) is 5.14. The Balaban J connectivity index is 1.52. The molecule has 0 amide bonds. The van der Waals surface area contributed by atoms with Crippen LogP contribution < -0.4 is 5.73 Å². The van der Waals surface area contributed by atoms with Crippen LogP contribution in [0.4, 0.5) is 5.69 Å². The van der Waals surface area contributed by atoms with Crippen LogP contribution in [-0.4, -0.2) is 34.0 Å². The summed E-state index contributed by atoms with van der Waals surface area (Å²) in [6.07, 6.45) is 0.638. The van der Waals surface area contributed by atoms with Crippen molar-refractivity contribution in [2.75, 3.05) is 18.8 Å². The van der Waals surface area contributed by atoms with Crippen molar-refractivity contribution in [1.82, 2.24) is 9.88 Å². The molecule has 176 valence electrons. The number of aliphatic carboxylic acids is 1. The first-order valence-corrected chi connectivity index (χ1v) is 11.6. The average Bonchev–Trinajstić information content (AvgIpc) is 3.48. The molecule has 1 unspecified atom stereocenters. The highest BCUT2D eigenvalue weighted by molar-refractivity contribution is 5.85. The van der Waals surface area contributed by atoms with Crippen LogP contribution in [0, 0.1) is 31.1 Å². The molecule has 4 aromatic rings. The first-order chi connectivity index (χ1) is 16.9. The highest BCUT2D eigenvalue weighted by Crippen LogP contribution is 2.36. The molecule has 5 rings (SSSR count). The van der Waals surface area contributed by atoms with Crippen molar-refractivity contribution in [2.24, 2.45) is 5.92 Å². The van der Waals surface area contributed by atoms with E-state index in [1.165, 1.54) is 0 Å². The molecule has 1 aliphatic rings. The van der Waals surface area contributed by atoms with Crippen LogP contribution in [0.15, 0.2) is 52.9 Å². The number of aromatic nitrogens is 1. The van der Waals surface area contributed by atoms with Crippen LogP contribution in [-0.2, 0) is 11.3 Å². The Morgan fingerprint density at radius 1 is 1.17 bits per heavy atom. The van der Waals surface area contributed by atoms with Gasteiger partial charge in [-0.2, -0.15) is 5.26 Å². The van der Waals surface area contributed by atoms with E-state index in [1.807, 2.05) is 50.2 Å². The number of carbonyl (C=O) groups is 1. The van der Waals surface area contributed by atoms with Crippen molar-refractivity contribution in [3.8, 4) is 28.7 Å². The maximum Gasteiger partial charge on any atom is 0.307 e. The molecule has 1 fully saturated rings. The summed E-state index contributed by atoms with van der Waals surface area (Å²) in [4.78, 5) is 18.1. The molecule has 7 nitrogen and oxygen atoms in total. The van der Waals surface area contributed by atoms with E-state index in [2.05, 4.69) is 23.1 Å². The normalized spacial score (nSPS) is 16.0. The Kier molecular flexibility index (Phi) is 5.75. The molecular weight excluding hydrogens is 440 g/mol.